The highest BCUT2D eigenvalue weighted by atomic mass is 16.5. The Morgan fingerprint density at radius 3 is 2.71 bits per heavy atom. The molecule has 2 atom stereocenters. The third-order valence-corrected chi connectivity index (χ3v) is 5.74. The molecule has 0 spiro atoms. The number of nitrogens with one attached hydrogen (secondary N) is 1. The first-order valence-corrected chi connectivity index (χ1v) is 10.5. The van der Waals surface area contributed by atoms with Crippen LogP contribution in [0, 0.1) is 5.92 Å². The van der Waals surface area contributed by atoms with E-state index in [1.807, 2.05) is 30.9 Å². The quantitative estimate of drug-likeness (QED) is 0.743. The van der Waals surface area contributed by atoms with Crippen molar-refractivity contribution in [2.24, 2.45) is 5.92 Å². The summed E-state index contributed by atoms with van der Waals surface area (Å²) in [5.41, 5.74) is 2.05. The molecular formula is C22H32N2O4. The van der Waals surface area contributed by atoms with E-state index in [0.29, 0.717) is 26.1 Å². The Morgan fingerprint density at radius 1 is 1.29 bits per heavy atom. The van der Waals surface area contributed by atoms with Crippen LogP contribution in [0.3, 0.4) is 0 Å². The molecule has 2 amide bonds. The smallest absolute Gasteiger partial charge is 0.225 e. The molecule has 1 fully saturated rings. The fourth-order valence-electron chi connectivity index (χ4n) is 4.23. The number of hydrogen-bond acceptors (Lipinski definition) is 4. The Kier molecular flexibility index (Phi) is 6.47. The van der Waals surface area contributed by atoms with Gasteiger partial charge in [-0.1, -0.05) is 13.8 Å². The minimum atomic E-state index is -0.283. The molecule has 2 aliphatic heterocycles. The molecule has 3 rings (SSSR count). The number of hydrogen-bond donors (Lipinski definition) is 1. The van der Waals surface area contributed by atoms with Crippen molar-refractivity contribution in [2.75, 3.05) is 13.2 Å². The number of likely N-dealkylation sites (tertiary alicyclic amines) is 1. The molecule has 28 heavy (non-hydrogen) atoms. The molecule has 2 heterocycles. The van der Waals surface area contributed by atoms with Gasteiger partial charge in [0.15, 0.2) is 0 Å². The lowest BCUT2D eigenvalue weighted by Crippen LogP contribution is -2.37. The highest BCUT2D eigenvalue weighted by Crippen LogP contribution is 2.35. The molecule has 1 saturated heterocycles. The zero-order valence-corrected chi connectivity index (χ0v) is 17.4. The van der Waals surface area contributed by atoms with Crippen LogP contribution in [0.2, 0.25) is 0 Å². The summed E-state index contributed by atoms with van der Waals surface area (Å²) < 4.78 is 11.6. The first-order chi connectivity index (χ1) is 13.5. The van der Waals surface area contributed by atoms with E-state index in [2.05, 4.69) is 19.2 Å². The normalized spacial score (nSPS) is 21.0. The number of rotatable bonds is 8. The van der Waals surface area contributed by atoms with E-state index in [1.54, 1.807) is 0 Å². The summed E-state index contributed by atoms with van der Waals surface area (Å²) in [7, 11) is 0. The van der Waals surface area contributed by atoms with Gasteiger partial charge in [0.25, 0.3) is 0 Å². The van der Waals surface area contributed by atoms with Crippen molar-refractivity contribution in [3.63, 3.8) is 0 Å². The lowest BCUT2D eigenvalue weighted by Gasteiger charge is -2.26. The highest BCUT2D eigenvalue weighted by molar-refractivity contribution is 5.89. The van der Waals surface area contributed by atoms with Crippen LogP contribution in [-0.2, 0) is 22.6 Å². The van der Waals surface area contributed by atoms with Crippen molar-refractivity contribution in [3.05, 3.63) is 23.3 Å². The minimum Gasteiger partial charge on any atom is -0.494 e. The van der Waals surface area contributed by atoms with Crippen molar-refractivity contribution < 1.29 is 19.1 Å². The average Bonchev–Trinajstić information content (AvgIpc) is 3.22. The maximum absolute atomic E-state index is 12.7. The fraction of sp³-hybridized carbons (Fsp3) is 0.636. The predicted molar refractivity (Wildman–Crippen MR) is 107 cm³/mol. The van der Waals surface area contributed by atoms with Crippen molar-refractivity contribution in [3.8, 4) is 11.5 Å². The third kappa shape index (κ3) is 4.26. The molecule has 2 aliphatic rings. The van der Waals surface area contributed by atoms with E-state index in [0.717, 1.165) is 41.9 Å². The Bertz CT molecular complexity index is 729. The number of carbonyl (C=O) groups is 2. The van der Waals surface area contributed by atoms with E-state index in [1.165, 1.54) is 0 Å². The average molecular weight is 389 g/mol. The molecule has 1 aromatic rings. The summed E-state index contributed by atoms with van der Waals surface area (Å²) in [6, 6.07) is 4.23. The standard InChI is InChI=1S/C22H32N2O4/c1-5-18(6-2)24-13-17(11-21(24)25)22(26)23-12-16-10-20-15(8-14(4)28-20)9-19(16)27-7-3/h9-10,14,17-18H,5-8,11-13H2,1-4H3,(H,23,26). The lowest BCUT2D eigenvalue weighted by molar-refractivity contribution is -0.130. The van der Waals surface area contributed by atoms with Crippen LogP contribution < -0.4 is 14.8 Å². The van der Waals surface area contributed by atoms with Gasteiger partial charge in [-0.2, -0.15) is 0 Å². The Morgan fingerprint density at radius 2 is 2.04 bits per heavy atom. The van der Waals surface area contributed by atoms with Gasteiger partial charge in [0, 0.05) is 43.1 Å². The second-order valence-electron chi connectivity index (χ2n) is 7.77. The summed E-state index contributed by atoms with van der Waals surface area (Å²) in [6.07, 6.45) is 3.17. The van der Waals surface area contributed by atoms with Gasteiger partial charge in [0.05, 0.1) is 12.5 Å². The minimum absolute atomic E-state index is 0.0703. The van der Waals surface area contributed by atoms with E-state index >= 15 is 0 Å². The molecule has 0 aromatic heterocycles. The fourth-order valence-corrected chi connectivity index (χ4v) is 4.23. The summed E-state index contributed by atoms with van der Waals surface area (Å²) in [5, 5.41) is 3.00. The molecule has 0 aliphatic carbocycles. The van der Waals surface area contributed by atoms with Crippen molar-refractivity contribution >= 4 is 11.8 Å². The van der Waals surface area contributed by atoms with Crippen molar-refractivity contribution in [1.82, 2.24) is 10.2 Å². The molecule has 0 saturated carbocycles. The third-order valence-electron chi connectivity index (χ3n) is 5.74. The van der Waals surface area contributed by atoms with Gasteiger partial charge in [-0.15, -0.1) is 0 Å². The largest absolute Gasteiger partial charge is 0.494 e. The van der Waals surface area contributed by atoms with Gasteiger partial charge >= 0.3 is 0 Å². The second kappa shape index (κ2) is 8.84. The number of ether oxygens (including phenoxy) is 2. The van der Waals surface area contributed by atoms with Gasteiger partial charge in [-0.25, -0.2) is 0 Å². The van der Waals surface area contributed by atoms with E-state index in [-0.39, 0.29) is 29.9 Å². The number of fused-ring (bicyclic) bond motifs is 1. The van der Waals surface area contributed by atoms with Gasteiger partial charge in [-0.3, -0.25) is 9.59 Å². The van der Waals surface area contributed by atoms with Crippen LogP contribution in [0.1, 0.15) is 58.1 Å². The molecule has 6 heteroatoms. The summed E-state index contributed by atoms with van der Waals surface area (Å²) in [4.78, 5) is 26.9. The summed E-state index contributed by atoms with van der Waals surface area (Å²) in [5.74, 6) is 1.40. The molecule has 1 N–H and O–H groups in total. The van der Waals surface area contributed by atoms with Crippen LogP contribution >= 0.6 is 0 Å². The predicted octanol–water partition coefficient (Wildman–Crippen LogP) is 3.06. The second-order valence-corrected chi connectivity index (χ2v) is 7.77. The van der Waals surface area contributed by atoms with Crippen LogP contribution in [-0.4, -0.2) is 42.0 Å². The topological polar surface area (TPSA) is 67.9 Å². The van der Waals surface area contributed by atoms with E-state index in [9.17, 15) is 9.59 Å². The SMILES string of the molecule is CCOc1cc2c(cc1CNC(=O)C1CC(=O)N(C(CC)CC)C1)OC(C)C2. The van der Waals surface area contributed by atoms with Crippen LogP contribution in [0.15, 0.2) is 12.1 Å². The van der Waals surface area contributed by atoms with Crippen LogP contribution in [0.4, 0.5) is 0 Å². The Labute approximate surface area is 167 Å². The Balaban J connectivity index is 1.65. The lowest BCUT2D eigenvalue weighted by atomic mass is 10.1. The molecule has 6 nitrogen and oxygen atoms in total. The zero-order chi connectivity index (χ0) is 20.3. The maximum atomic E-state index is 12.7. The highest BCUT2D eigenvalue weighted by Gasteiger charge is 2.36. The van der Waals surface area contributed by atoms with Crippen molar-refractivity contribution in [2.45, 2.75) is 72.1 Å². The first-order valence-electron chi connectivity index (χ1n) is 10.5. The molecule has 0 radical (unpaired) electrons. The number of nitrogens with zero attached hydrogens (tertiary/aromatic N) is 1. The number of amides is 2. The molecule has 2 unspecified atom stereocenters. The number of carbonyl (C=O) groups excluding carboxylic acids is 2. The van der Waals surface area contributed by atoms with Gasteiger partial charge in [0.2, 0.25) is 11.8 Å². The van der Waals surface area contributed by atoms with Gasteiger partial charge in [0.1, 0.15) is 17.6 Å². The van der Waals surface area contributed by atoms with Crippen LogP contribution in [0.25, 0.3) is 0 Å². The molecule has 0 bridgehead atoms. The summed E-state index contributed by atoms with van der Waals surface area (Å²) in [6.45, 7) is 9.62. The summed E-state index contributed by atoms with van der Waals surface area (Å²) >= 11 is 0. The number of benzene rings is 1. The van der Waals surface area contributed by atoms with Crippen molar-refractivity contribution in [1.29, 1.82) is 0 Å². The Hall–Kier alpha value is -2.24. The molecule has 1 aromatic carbocycles. The van der Waals surface area contributed by atoms with E-state index < -0.39 is 0 Å². The van der Waals surface area contributed by atoms with Gasteiger partial charge in [-0.05, 0) is 38.8 Å². The monoisotopic (exact) mass is 388 g/mol. The molecular weight excluding hydrogens is 356 g/mol. The molecule has 154 valence electrons. The van der Waals surface area contributed by atoms with Crippen LogP contribution in [0.5, 0.6) is 11.5 Å². The van der Waals surface area contributed by atoms with E-state index in [4.69, 9.17) is 9.47 Å². The zero-order valence-electron chi connectivity index (χ0n) is 17.4. The first kappa shape index (κ1) is 20.5. The maximum Gasteiger partial charge on any atom is 0.225 e. The van der Waals surface area contributed by atoms with Gasteiger partial charge < -0.3 is 19.7 Å².